The molecule has 0 radical (unpaired) electrons. The van der Waals surface area contributed by atoms with E-state index in [1.165, 1.54) is 11.3 Å². The van der Waals surface area contributed by atoms with E-state index in [1.807, 2.05) is 26.8 Å². The molecule has 0 saturated heterocycles. The summed E-state index contributed by atoms with van der Waals surface area (Å²) in [6.45, 7) is 5.83. The maximum absolute atomic E-state index is 11.9. The highest BCUT2D eigenvalue weighted by molar-refractivity contribution is 7.90. The lowest BCUT2D eigenvalue weighted by Crippen LogP contribution is -1.86. The van der Waals surface area contributed by atoms with Crippen LogP contribution < -0.4 is 0 Å². The van der Waals surface area contributed by atoms with E-state index in [1.54, 1.807) is 11.6 Å². The van der Waals surface area contributed by atoms with Crippen molar-refractivity contribution in [3.8, 4) is 0 Å². The number of pyridine rings is 1. The summed E-state index contributed by atoms with van der Waals surface area (Å²) in [5, 5.41) is 1.71. The van der Waals surface area contributed by atoms with Crippen molar-refractivity contribution in [1.29, 1.82) is 0 Å². The minimum Gasteiger partial charge on any atom is -0.247 e. The summed E-state index contributed by atoms with van der Waals surface area (Å²) in [5.74, 6) is 0. The van der Waals surface area contributed by atoms with Crippen LogP contribution in [0.2, 0.25) is 0 Å². The first-order chi connectivity index (χ1) is 7.56. The monoisotopic (exact) mass is 252 g/mol. The molecular weight excluding hydrogens is 240 g/mol. The van der Waals surface area contributed by atoms with Crippen molar-refractivity contribution in [2.24, 2.45) is 0 Å². The maximum atomic E-state index is 11.9. The van der Waals surface area contributed by atoms with Crippen molar-refractivity contribution in [3.63, 3.8) is 0 Å². The highest BCUT2D eigenvalue weighted by Crippen LogP contribution is 2.24. The van der Waals surface area contributed by atoms with E-state index in [4.69, 9.17) is 0 Å². The molecule has 2 heterocycles. The summed E-state index contributed by atoms with van der Waals surface area (Å²) >= 11 is 1.44. The average molecular weight is 252 g/mol. The molecule has 2 aromatic heterocycles. The predicted molar refractivity (Wildman–Crippen MR) is 68.0 cm³/mol. The van der Waals surface area contributed by atoms with E-state index in [-0.39, 0.29) is 0 Å². The number of allylic oxidation sites excluding steroid dienone is 1. The summed E-state index contributed by atoms with van der Waals surface area (Å²) in [6, 6.07) is 2.02. The van der Waals surface area contributed by atoms with Gasteiger partial charge in [-0.05, 0) is 32.4 Å². The molecule has 16 heavy (non-hydrogen) atoms. The molecule has 3 nitrogen and oxygen atoms in total. The SMILES string of the molecule is CC(C)=C[S@@](=O)c1nc2ncc(C)cc2s1. The molecule has 84 valence electrons. The molecule has 0 aliphatic carbocycles. The second kappa shape index (κ2) is 4.43. The molecular formula is C11H12N2OS2. The summed E-state index contributed by atoms with van der Waals surface area (Å²) in [6.07, 6.45) is 1.77. The summed E-state index contributed by atoms with van der Waals surface area (Å²) in [5.41, 5.74) is 2.80. The molecule has 0 aliphatic heterocycles. The Bertz CT molecular complexity index is 583. The Balaban J connectivity index is 2.47. The Hall–Kier alpha value is -1.07. The van der Waals surface area contributed by atoms with Gasteiger partial charge in [0.25, 0.3) is 0 Å². The van der Waals surface area contributed by atoms with Gasteiger partial charge in [-0.1, -0.05) is 5.57 Å². The topological polar surface area (TPSA) is 42.9 Å². The molecule has 0 amide bonds. The number of aryl methyl sites for hydroxylation is 1. The van der Waals surface area contributed by atoms with Crippen molar-refractivity contribution in [3.05, 3.63) is 28.8 Å². The fraction of sp³-hybridized carbons (Fsp3) is 0.273. The lowest BCUT2D eigenvalue weighted by atomic mass is 10.3. The second-order valence-electron chi connectivity index (χ2n) is 3.81. The van der Waals surface area contributed by atoms with Crippen LogP contribution in [-0.4, -0.2) is 14.2 Å². The molecule has 0 aliphatic rings. The fourth-order valence-electron chi connectivity index (χ4n) is 1.25. The van der Waals surface area contributed by atoms with E-state index in [9.17, 15) is 4.21 Å². The first-order valence-electron chi connectivity index (χ1n) is 4.85. The highest BCUT2D eigenvalue weighted by atomic mass is 32.2. The van der Waals surface area contributed by atoms with Crippen molar-refractivity contribution < 1.29 is 4.21 Å². The Morgan fingerprint density at radius 1 is 1.50 bits per heavy atom. The number of nitrogens with zero attached hydrogens (tertiary/aromatic N) is 2. The third-order valence-corrected chi connectivity index (χ3v) is 4.53. The van der Waals surface area contributed by atoms with E-state index in [0.717, 1.165) is 15.8 Å². The molecule has 5 heteroatoms. The van der Waals surface area contributed by atoms with Crippen molar-refractivity contribution in [1.82, 2.24) is 9.97 Å². The van der Waals surface area contributed by atoms with Crippen LogP contribution in [0.3, 0.4) is 0 Å². The molecule has 2 aromatic rings. The van der Waals surface area contributed by atoms with E-state index < -0.39 is 10.8 Å². The predicted octanol–water partition coefficient (Wildman–Crippen LogP) is 3.03. The van der Waals surface area contributed by atoms with Crippen LogP contribution in [-0.2, 0) is 10.8 Å². The van der Waals surface area contributed by atoms with Crippen LogP contribution in [0.5, 0.6) is 0 Å². The Morgan fingerprint density at radius 2 is 2.25 bits per heavy atom. The molecule has 0 bridgehead atoms. The zero-order valence-electron chi connectivity index (χ0n) is 9.35. The number of hydrogen-bond acceptors (Lipinski definition) is 4. The third-order valence-electron chi connectivity index (χ3n) is 1.88. The number of rotatable bonds is 2. The molecule has 0 saturated carbocycles. The van der Waals surface area contributed by atoms with Crippen LogP contribution in [0.15, 0.2) is 27.6 Å². The largest absolute Gasteiger partial charge is 0.247 e. The lowest BCUT2D eigenvalue weighted by Gasteiger charge is -1.89. The van der Waals surface area contributed by atoms with Gasteiger partial charge in [-0.15, -0.1) is 11.3 Å². The van der Waals surface area contributed by atoms with Gasteiger partial charge in [0, 0.05) is 11.6 Å². The van der Waals surface area contributed by atoms with Gasteiger partial charge in [-0.2, -0.15) is 0 Å². The van der Waals surface area contributed by atoms with E-state index in [2.05, 4.69) is 9.97 Å². The molecule has 2 rings (SSSR count). The third kappa shape index (κ3) is 2.36. The molecule has 0 spiro atoms. The molecule has 1 atom stereocenters. The van der Waals surface area contributed by atoms with E-state index >= 15 is 0 Å². The van der Waals surface area contributed by atoms with Gasteiger partial charge >= 0.3 is 0 Å². The minimum absolute atomic E-state index is 0.620. The van der Waals surface area contributed by atoms with Gasteiger partial charge in [0.1, 0.15) is 10.8 Å². The Morgan fingerprint density at radius 3 is 2.94 bits per heavy atom. The Labute approximate surface area is 101 Å². The number of aromatic nitrogens is 2. The summed E-state index contributed by atoms with van der Waals surface area (Å²) < 4.78 is 13.5. The van der Waals surface area contributed by atoms with Gasteiger partial charge in [0.15, 0.2) is 9.99 Å². The van der Waals surface area contributed by atoms with Gasteiger partial charge in [-0.3, -0.25) is 0 Å². The van der Waals surface area contributed by atoms with Crippen LogP contribution in [0.1, 0.15) is 19.4 Å². The second-order valence-corrected chi connectivity index (χ2v) is 6.31. The van der Waals surface area contributed by atoms with Crippen molar-refractivity contribution in [2.45, 2.75) is 25.1 Å². The first kappa shape index (κ1) is 11.4. The fourth-order valence-corrected chi connectivity index (χ4v) is 3.45. The van der Waals surface area contributed by atoms with Gasteiger partial charge in [0.2, 0.25) is 0 Å². The van der Waals surface area contributed by atoms with Crippen molar-refractivity contribution >= 4 is 32.5 Å². The number of fused-ring (bicyclic) bond motifs is 1. The zero-order chi connectivity index (χ0) is 11.7. The first-order valence-corrected chi connectivity index (χ1v) is 6.88. The maximum Gasteiger partial charge on any atom is 0.187 e. The van der Waals surface area contributed by atoms with Gasteiger partial charge < -0.3 is 0 Å². The van der Waals surface area contributed by atoms with Crippen LogP contribution in [0.4, 0.5) is 0 Å². The smallest absolute Gasteiger partial charge is 0.187 e. The minimum atomic E-state index is -1.15. The Kier molecular flexibility index (Phi) is 3.16. The van der Waals surface area contributed by atoms with Gasteiger partial charge in [-0.25, -0.2) is 14.2 Å². The normalized spacial score (nSPS) is 12.7. The molecule has 0 N–H and O–H groups in total. The molecule has 0 aromatic carbocycles. The molecule has 0 unspecified atom stereocenters. The van der Waals surface area contributed by atoms with Crippen molar-refractivity contribution in [2.75, 3.05) is 0 Å². The van der Waals surface area contributed by atoms with Crippen LogP contribution in [0.25, 0.3) is 10.3 Å². The standard InChI is InChI=1S/C11H12N2OS2/c1-7(2)6-16(14)11-13-10-9(15-11)4-8(3)5-12-10/h4-6H,1-3H3/t16-/m1/s1. The average Bonchev–Trinajstić information content (AvgIpc) is 2.59. The van der Waals surface area contributed by atoms with E-state index in [0.29, 0.717) is 9.99 Å². The quantitative estimate of drug-likeness (QED) is 0.825. The highest BCUT2D eigenvalue weighted by Gasteiger charge is 2.09. The summed E-state index contributed by atoms with van der Waals surface area (Å²) in [4.78, 5) is 8.48. The van der Waals surface area contributed by atoms with Crippen LogP contribution in [0, 0.1) is 6.92 Å². The lowest BCUT2D eigenvalue weighted by molar-refractivity contribution is 0.687. The number of hydrogen-bond donors (Lipinski definition) is 0. The zero-order valence-corrected chi connectivity index (χ0v) is 11.0. The number of thiazole rings is 1. The summed E-state index contributed by atoms with van der Waals surface area (Å²) in [7, 11) is -1.15. The van der Waals surface area contributed by atoms with Gasteiger partial charge in [0.05, 0.1) is 4.70 Å². The van der Waals surface area contributed by atoms with Crippen LogP contribution >= 0.6 is 11.3 Å². The molecule has 0 fully saturated rings.